The first-order valence-electron chi connectivity index (χ1n) is 7.24. The summed E-state index contributed by atoms with van der Waals surface area (Å²) in [6.45, 7) is 6.50. The van der Waals surface area contributed by atoms with E-state index in [2.05, 4.69) is 34.5 Å². The minimum Gasteiger partial charge on any atom is -0.469 e. The molecule has 0 aliphatic rings. The molecule has 0 saturated heterocycles. The molecule has 2 rings (SSSR count). The highest BCUT2D eigenvalue weighted by Gasteiger charge is 2.01. The number of furan rings is 1. The number of hydrogen-bond donors (Lipinski definition) is 2. The predicted molar refractivity (Wildman–Crippen MR) is 102 cm³/mol. The summed E-state index contributed by atoms with van der Waals surface area (Å²) in [5, 5.41) is 7.68. The van der Waals surface area contributed by atoms with Crippen LogP contribution in [0.15, 0.2) is 34.0 Å². The van der Waals surface area contributed by atoms with Gasteiger partial charge in [-0.25, -0.2) is 9.98 Å². The molecule has 2 heterocycles. The van der Waals surface area contributed by atoms with Crippen molar-refractivity contribution in [3.63, 3.8) is 0 Å². The molecule has 0 spiro atoms. The van der Waals surface area contributed by atoms with E-state index in [4.69, 9.17) is 4.42 Å². The van der Waals surface area contributed by atoms with Gasteiger partial charge < -0.3 is 15.1 Å². The Morgan fingerprint density at radius 1 is 1.36 bits per heavy atom. The zero-order valence-electron chi connectivity index (χ0n) is 13.0. The van der Waals surface area contributed by atoms with E-state index in [-0.39, 0.29) is 24.0 Å². The average molecular weight is 434 g/mol. The zero-order chi connectivity index (χ0) is 14.9. The van der Waals surface area contributed by atoms with Crippen LogP contribution in [-0.2, 0) is 13.0 Å². The molecule has 0 fully saturated rings. The molecule has 22 heavy (non-hydrogen) atoms. The van der Waals surface area contributed by atoms with E-state index < -0.39 is 0 Å². The molecule has 0 saturated carbocycles. The van der Waals surface area contributed by atoms with Crippen LogP contribution in [0.4, 0.5) is 0 Å². The van der Waals surface area contributed by atoms with Crippen LogP contribution in [0.25, 0.3) is 0 Å². The van der Waals surface area contributed by atoms with Gasteiger partial charge in [-0.05, 0) is 25.5 Å². The van der Waals surface area contributed by atoms with Gasteiger partial charge in [0.1, 0.15) is 10.8 Å². The van der Waals surface area contributed by atoms with Gasteiger partial charge in [-0.3, -0.25) is 0 Å². The van der Waals surface area contributed by atoms with Crippen LogP contribution < -0.4 is 10.6 Å². The van der Waals surface area contributed by atoms with Crippen LogP contribution in [0, 0.1) is 6.92 Å². The normalized spacial score (nSPS) is 11.1. The van der Waals surface area contributed by atoms with Gasteiger partial charge in [0.15, 0.2) is 5.96 Å². The third kappa shape index (κ3) is 6.78. The number of aliphatic imine (C=N–C) groups is 1. The van der Waals surface area contributed by atoms with Crippen LogP contribution in [0.1, 0.15) is 29.0 Å². The topological polar surface area (TPSA) is 62.5 Å². The highest BCUT2D eigenvalue weighted by molar-refractivity contribution is 14.0. The lowest BCUT2D eigenvalue weighted by Crippen LogP contribution is -2.38. The minimum atomic E-state index is 0. The maximum Gasteiger partial charge on any atom is 0.191 e. The number of nitrogens with one attached hydrogen (secondary N) is 2. The number of aryl methyl sites for hydroxylation is 1. The molecule has 0 aliphatic carbocycles. The maximum absolute atomic E-state index is 5.32. The Kier molecular flexibility index (Phi) is 9.14. The van der Waals surface area contributed by atoms with E-state index in [1.807, 2.05) is 18.3 Å². The number of halogens is 1. The summed E-state index contributed by atoms with van der Waals surface area (Å²) in [6, 6.07) is 3.89. The monoisotopic (exact) mass is 434 g/mol. The lowest BCUT2D eigenvalue weighted by atomic mass is 10.3. The SMILES string of the molecule is CCCNC(=NCc1ncc(C)s1)NCCc1ccco1.I. The lowest BCUT2D eigenvalue weighted by Gasteiger charge is -2.11. The molecule has 0 unspecified atom stereocenters. The van der Waals surface area contributed by atoms with Crippen molar-refractivity contribution in [3.8, 4) is 0 Å². The Morgan fingerprint density at radius 2 is 2.18 bits per heavy atom. The van der Waals surface area contributed by atoms with Crippen LogP contribution in [-0.4, -0.2) is 24.0 Å². The van der Waals surface area contributed by atoms with E-state index in [0.717, 1.165) is 42.7 Å². The Hall–Kier alpha value is -1.09. The molecule has 7 heteroatoms. The van der Waals surface area contributed by atoms with E-state index in [0.29, 0.717) is 6.54 Å². The first-order chi connectivity index (χ1) is 10.3. The minimum absolute atomic E-state index is 0. The summed E-state index contributed by atoms with van der Waals surface area (Å²) in [4.78, 5) is 10.1. The predicted octanol–water partition coefficient (Wildman–Crippen LogP) is 3.35. The number of nitrogens with zero attached hydrogens (tertiary/aromatic N) is 2. The van der Waals surface area contributed by atoms with Gasteiger partial charge in [0.05, 0.1) is 12.8 Å². The Labute approximate surface area is 152 Å². The van der Waals surface area contributed by atoms with Crippen molar-refractivity contribution in [1.29, 1.82) is 0 Å². The second kappa shape index (κ2) is 10.6. The summed E-state index contributed by atoms with van der Waals surface area (Å²) in [6.07, 6.45) is 5.49. The molecule has 2 N–H and O–H groups in total. The van der Waals surface area contributed by atoms with E-state index in [1.165, 1.54) is 4.88 Å². The van der Waals surface area contributed by atoms with Crippen molar-refractivity contribution in [2.24, 2.45) is 4.99 Å². The number of hydrogen-bond acceptors (Lipinski definition) is 4. The van der Waals surface area contributed by atoms with Crippen LogP contribution >= 0.6 is 35.3 Å². The Morgan fingerprint density at radius 3 is 2.82 bits per heavy atom. The lowest BCUT2D eigenvalue weighted by molar-refractivity contribution is 0.506. The number of guanidine groups is 1. The molecule has 0 aliphatic heterocycles. The molecule has 0 atom stereocenters. The molecule has 0 amide bonds. The standard InChI is InChI=1S/C15H22N4OS.HI/c1-3-7-16-15(17-8-6-13-5-4-9-20-13)19-11-14-18-10-12(2)21-14;/h4-5,9-10H,3,6-8,11H2,1-2H3,(H2,16,17,19);1H. The van der Waals surface area contributed by atoms with Gasteiger partial charge in [0, 0.05) is 30.6 Å². The van der Waals surface area contributed by atoms with Gasteiger partial charge in [-0.15, -0.1) is 35.3 Å². The molecule has 0 aromatic carbocycles. The molecule has 2 aromatic rings. The van der Waals surface area contributed by atoms with Gasteiger partial charge in [0.2, 0.25) is 0 Å². The van der Waals surface area contributed by atoms with Gasteiger partial charge in [0.25, 0.3) is 0 Å². The molecule has 2 aromatic heterocycles. The van der Waals surface area contributed by atoms with E-state index in [9.17, 15) is 0 Å². The summed E-state index contributed by atoms with van der Waals surface area (Å²) in [5.41, 5.74) is 0. The summed E-state index contributed by atoms with van der Waals surface area (Å²) in [7, 11) is 0. The zero-order valence-corrected chi connectivity index (χ0v) is 16.1. The largest absolute Gasteiger partial charge is 0.469 e. The number of rotatable bonds is 7. The third-order valence-corrected chi connectivity index (χ3v) is 3.73. The second-order valence-corrected chi connectivity index (χ2v) is 6.03. The number of aromatic nitrogens is 1. The van der Waals surface area contributed by atoms with Crippen molar-refractivity contribution < 1.29 is 4.42 Å². The van der Waals surface area contributed by atoms with E-state index in [1.54, 1.807) is 17.6 Å². The average Bonchev–Trinajstić information content (AvgIpc) is 3.13. The molecule has 0 bridgehead atoms. The smallest absolute Gasteiger partial charge is 0.191 e. The van der Waals surface area contributed by atoms with E-state index >= 15 is 0 Å². The Bertz CT molecular complexity index is 554. The summed E-state index contributed by atoms with van der Waals surface area (Å²) in [5.74, 6) is 1.81. The Balaban J connectivity index is 0.00000242. The molecular weight excluding hydrogens is 411 g/mol. The second-order valence-electron chi connectivity index (χ2n) is 4.71. The van der Waals surface area contributed by atoms with Gasteiger partial charge in [-0.1, -0.05) is 6.92 Å². The van der Waals surface area contributed by atoms with Crippen LogP contribution in [0.5, 0.6) is 0 Å². The third-order valence-electron chi connectivity index (χ3n) is 2.83. The summed E-state index contributed by atoms with van der Waals surface area (Å²) < 4.78 is 5.32. The number of thiazole rings is 1. The summed E-state index contributed by atoms with van der Waals surface area (Å²) >= 11 is 1.69. The van der Waals surface area contributed by atoms with Gasteiger partial charge in [-0.2, -0.15) is 0 Å². The fourth-order valence-corrected chi connectivity index (χ4v) is 2.51. The molecule has 122 valence electrons. The quantitative estimate of drug-likeness (QED) is 0.399. The fourth-order valence-electron chi connectivity index (χ4n) is 1.80. The maximum atomic E-state index is 5.32. The van der Waals surface area contributed by atoms with Crippen molar-refractivity contribution in [1.82, 2.24) is 15.6 Å². The molecule has 0 radical (unpaired) electrons. The highest BCUT2D eigenvalue weighted by atomic mass is 127. The first kappa shape index (κ1) is 19.0. The van der Waals surface area contributed by atoms with Crippen molar-refractivity contribution in [2.75, 3.05) is 13.1 Å². The molecular formula is C15H23IN4OS. The van der Waals surface area contributed by atoms with Crippen molar-refractivity contribution in [3.05, 3.63) is 40.2 Å². The van der Waals surface area contributed by atoms with Gasteiger partial charge >= 0.3 is 0 Å². The molecule has 5 nitrogen and oxygen atoms in total. The van der Waals surface area contributed by atoms with Crippen molar-refractivity contribution >= 4 is 41.3 Å². The van der Waals surface area contributed by atoms with Crippen LogP contribution in [0.3, 0.4) is 0 Å². The first-order valence-corrected chi connectivity index (χ1v) is 8.05. The highest BCUT2D eigenvalue weighted by Crippen LogP contribution is 2.11. The fraction of sp³-hybridized carbons (Fsp3) is 0.467. The van der Waals surface area contributed by atoms with Crippen molar-refractivity contribution in [2.45, 2.75) is 33.2 Å². The van der Waals surface area contributed by atoms with Crippen LogP contribution in [0.2, 0.25) is 0 Å².